The van der Waals surface area contributed by atoms with Gasteiger partial charge in [0.2, 0.25) is 0 Å². The third-order valence-corrected chi connectivity index (χ3v) is 3.62. The Morgan fingerprint density at radius 1 is 1.32 bits per heavy atom. The Kier molecular flexibility index (Phi) is 4.56. The first-order chi connectivity index (χ1) is 8.74. The standard InChI is InChI=1S/C14H12Cl2N2.ClH/c15-11-3-4-12(14(16)7-11)13(10-1-2-10)8-18-6-5-17-9-18;/h3-10H,1-2H2;1H/b13-8+;. The highest BCUT2D eigenvalue weighted by atomic mass is 35.5. The molecule has 0 N–H and O–H groups in total. The van der Waals surface area contributed by atoms with Gasteiger partial charge in [-0.3, -0.25) is 0 Å². The van der Waals surface area contributed by atoms with Crippen molar-refractivity contribution in [2.75, 3.05) is 0 Å². The highest BCUT2D eigenvalue weighted by molar-refractivity contribution is 6.35. The second-order valence-corrected chi connectivity index (χ2v) is 5.34. The van der Waals surface area contributed by atoms with Crippen molar-refractivity contribution in [2.45, 2.75) is 12.8 Å². The van der Waals surface area contributed by atoms with Crippen LogP contribution in [-0.2, 0) is 0 Å². The first kappa shape index (κ1) is 14.4. The molecule has 3 rings (SSSR count). The molecule has 2 aromatic rings. The van der Waals surface area contributed by atoms with Crippen LogP contribution < -0.4 is 0 Å². The fraction of sp³-hybridized carbons (Fsp3) is 0.214. The summed E-state index contributed by atoms with van der Waals surface area (Å²) in [6.07, 6.45) is 10.0. The maximum Gasteiger partial charge on any atom is 0.0986 e. The Morgan fingerprint density at radius 2 is 2.11 bits per heavy atom. The summed E-state index contributed by atoms with van der Waals surface area (Å²) in [4.78, 5) is 4.05. The lowest BCUT2D eigenvalue weighted by Gasteiger charge is -2.09. The van der Waals surface area contributed by atoms with Crippen molar-refractivity contribution in [1.29, 1.82) is 0 Å². The molecule has 0 spiro atoms. The van der Waals surface area contributed by atoms with E-state index in [1.54, 1.807) is 18.6 Å². The molecule has 0 bridgehead atoms. The molecule has 2 nitrogen and oxygen atoms in total. The van der Waals surface area contributed by atoms with Gasteiger partial charge >= 0.3 is 0 Å². The summed E-state index contributed by atoms with van der Waals surface area (Å²) in [5.74, 6) is 0.603. The van der Waals surface area contributed by atoms with Gasteiger partial charge in [-0.05, 0) is 42.0 Å². The molecule has 5 heteroatoms. The Bertz CT molecular complexity index is 587. The molecule has 1 saturated carbocycles. The molecule has 0 amide bonds. The first-order valence-corrected chi connectivity index (χ1v) is 6.64. The van der Waals surface area contributed by atoms with Crippen LogP contribution in [0.3, 0.4) is 0 Å². The number of nitrogens with zero attached hydrogens (tertiary/aromatic N) is 2. The average molecular weight is 316 g/mol. The predicted octanol–water partition coefficient (Wildman–Crippen LogP) is 5.02. The highest BCUT2D eigenvalue weighted by Gasteiger charge is 2.28. The van der Waals surface area contributed by atoms with Crippen LogP contribution in [0.25, 0.3) is 11.8 Å². The zero-order chi connectivity index (χ0) is 12.5. The summed E-state index contributed by atoms with van der Waals surface area (Å²) < 4.78 is 1.96. The third kappa shape index (κ3) is 3.33. The molecule has 1 aromatic heterocycles. The number of benzene rings is 1. The SMILES string of the molecule is Cl.Clc1ccc(/C(=C/n2ccnc2)C2CC2)c(Cl)c1. The number of hydrogen-bond donors (Lipinski definition) is 0. The van der Waals surface area contributed by atoms with E-state index < -0.39 is 0 Å². The van der Waals surface area contributed by atoms with Crippen molar-refractivity contribution in [3.8, 4) is 0 Å². The van der Waals surface area contributed by atoms with E-state index in [0.29, 0.717) is 16.0 Å². The summed E-state index contributed by atoms with van der Waals surface area (Å²) in [6, 6.07) is 5.67. The number of aromatic nitrogens is 2. The number of imidazole rings is 1. The zero-order valence-corrected chi connectivity index (χ0v) is 12.4. The molecule has 0 atom stereocenters. The second-order valence-electron chi connectivity index (χ2n) is 4.49. The van der Waals surface area contributed by atoms with E-state index in [1.807, 2.05) is 22.9 Å². The lowest BCUT2D eigenvalue weighted by Crippen LogP contribution is -1.92. The first-order valence-electron chi connectivity index (χ1n) is 5.88. The van der Waals surface area contributed by atoms with Crippen LogP contribution in [-0.4, -0.2) is 9.55 Å². The van der Waals surface area contributed by atoms with Gasteiger partial charge in [0.15, 0.2) is 0 Å². The van der Waals surface area contributed by atoms with E-state index in [9.17, 15) is 0 Å². The Balaban J connectivity index is 0.00000133. The van der Waals surface area contributed by atoms with Crippen molar-refractivity contribution < 1.29 is 0 Å². The minimum Gasteiger partial charge on any atom is -0.313 e. The van der Waals surface area contributed by atoms with Gasteiger partial charge in [0, 0.05) is 28.6 Å². The van der Waals surface area contributed by atoms with Gasteiger partial charge in [-0.2, -0.15) is 0 Å². The maximum absolute atomic E-state index is 6.29. The maximum atomic E-state index is 6.29. The number of rotatable bonds is 3. The summed E-state index contributed by atoms with van der Waals surface area (Å²) in [6.45, 7) is 0. The van der Waals surface area contributed by atoms with E-state index in [1.165, 1.54) is 18.4 Å². The second kappa shape index (κ2) is 6.00. The average Bonchev–Trinajstić information content (AvgIpc) is 3.05. The van der Waals surface area contributed by atoms with E-state index in [0.717, 1.165) is 5.56 Å². The van der Waals surface area contributed by atoms with Crippen LogP contribution in [0.2, 0.25) is 10.0 Å². The van der Waals surface area contributed by atoms with E-state index in [-0.39, 0.29) is 12.4 Å². The zero-order valence-electron chi connectivity index (χ0n) is 10.1. The Morgan fingerprint density at radius 3 is 2.68 bits per heavy atom. The molecular formula is C14H13Cl3N2. The van der Waals surface area contributed by atoms with Crippen LogP contribution in [0.5, 0.6) is 0 Å². The van der Waals surface area contributed by atoms with Crippen LogP contribution in [0.15, 0.2) is 36.9 Å². The number of hydrogen-bond acceptors (Lipinski definition) is 1. The van der Waals surface area contributed by atoms with Crippen LogP contribution >= 0.6 is 35.6 Å². The molecular weight excluding hydrogens is 303 g/mol. The molecule has 1 aliphatic carbocycles. The Hall–Kier alpha value is -0.960. The van der Waals surface area contributed by atoms with Crippen molar-refractivity contribution in [3.05, 3.63) is 52.5 Å². The van der Waals surface area contributed by atoms with Crippen LogP contribution in [0.4, 0.5) is 0 Å². The molecule has 1 aromatic carbocycles. The van der Waals surface area contributed by atoms with E-state index in [4.69, 9.17) is 23.2 Å². The van der Waals surface area contributed by atoms with Crippen LogP contribution in [0.1, 0.15) is 18.4 Å². The van der Waals surface area contributed by atoms with Gasteiger partial charge in [0.05, 0.1) is 6.33 Å². The molecule has 1 fully saturated rings. The monoisotopic (exact) mass is 314 g/mol. The molecule has 100 valence electrons. The van der Waals surface area contributed by atoms with Gasteiger partial charge in [-0.25, -0.2) is 4.98 Å². The van der Waals surface area contributed by atoms with Crippen LogP contribution in [0, 0.1) is 5.92 Å². The predicted molar refractivity (Wildman–Crippen MR) is 82.8 cm³/mol. The number of halogens is 3. The quantitative estimate of drug-likeness (QED) is 0.777. The van der Waals surface area contributed by atoms with E-state index in [2.05, 4.69) is 11.2 Å². The van der Waals surface area contributed by atoms with Gasteiger partial charge in [0.25, 0.3) is 0 Å². The molecule has 19 heavy (non-hydrogen) atoms. The molecule has 0 unspecified atom stereocenters. The fourth-order valence-corrected chi connectivity index (χ4v) is 2.54. The molecule has 0 aliphatic heterocycles. The lowest BCUT2D eigenvalue weighted by atomic mass is 10.0. The number of allylic oxidation sites excluding steroid dienone is 1. The van der Waals surface area contributed by atoms with Crippen molar-refractivity contribution in [2.24, 2.45) is 5.92 Å². The van der Waals surface area contributed by atoms with Crippen molar-refractivity contribution in [1.82, 2.24) is 9.55 Å². The summed E-state index contributed by atoms with van der Waals surface area (Å²) in [7, 11) is 0. The largest absolute Gasteiger partial charge is 0.313 e. The summed E-state index contributed by atoms with van der Waals surface area (Å²) >= 11 is 12.2. The van der Waals surface area contributed by atoms with Gasteiger partial charge < -0.3 is 4.57 Å². The molecule has 0 radical (unpaired) electrons. The minimum absolute atomic E-state index is 0. The van der Waals surface area contributed by atoms with Crippen molar-refractivity contribution >= 4 is 47.4 Å². The summed E-state index contributed by atoms with van der Waals surface area (Å²) in [5.41, 5.74) is 2.33. The minimum atomic E-state index is 0. The van der Waals surface area contributed by atoms with Gasteiger partial charge in [-0.15, -0.1) is 12.4 Å². The Labute approximate surface area is 128 Å². The topological polar surface area (TPSA) is 17.8 Å². The normalized spacial score (nSPS) is 15.2. The van der Waals surface area contributed by atoms with Crippen molar-refractivity contribution in [3.63, 3.8) is 0 Å². The molecule has 0 saturated heterocycles. The fourth-order valence-electron chi connectivity index (χ4n) is 2.02. The van der Waals surface area contributed by atoms with Gasteiger partial charge in [0.1, 0.15) is 0 Å². The lowest BCUT2D eigenvalue weighted by molar-refractivity contribution is 1.10. The smallest absolute Gasteiger partial charge is 0.0986 e. The highest BCUT2D eigenvalue weighted by Crippen LogP contribution is 2.44. The molecule has 1 aliphatic rings. The van der Waals surface area contributed by atoms with Gasteiger partial charge in [-0.1, -0.05) is 29.3 Å². The van der Waals surface area contributed by atoms with E-state index >= 15 is 0 Å². The molecule has 1 heterocycles. The third-order valence-electron chi connectivity index (χ3n) is 3.07. The summed E-state index contributed by atoms with van der Waals surface area (Å²) in [5, 5.41) is 1.38.